The molecule has 1 rings (SSSR count). The van der Waals surface area contributed by atoms with Crippen LogP contribution in [0.25, 0.3) is 0 Å². The monoisotopic (exact) mass is 1290 g/mol. The summed E-state index contributed by atoms with van der Waals surface area (Å²) in [6.07, 6.45) is 89.2. The van der Waals surface area contributed by atoms with E-state index in [1.54, 1.807) is 6.08 Å². The topological polar surface area (TPSA) is 149 Å². The van der Waals surface area contributed by atoms with Crippen molar-refractivity contribution in [1.82, 2.24) is 5.32 Å². The van der Waals surface area contributed by atoms with Gasteiger partial charge in [-0.05, 0) is 32.1 Å². The second-order valence-corrected chi connectivity index (χ2v) is 28.9. The lowest BCUT2D eigenvalue weighted by Crippen LogP contribution is -2.60. The first-order valence-corrected chi connectivity index (χ1v) is 41.1. The first-order chi connectivity index (χ1) is 44.8. The lowest BCUT2D eigenvalue weighted by atomic mass is 9.99. The zero-order valence-electron chi connectivity index (χ0n) is 60.9. The Hall–Kier alpha value is -1.33. The second kappa shape index (κ2) is 71.4. The summed E-state index contributed by atoms with van der Waals surface area (Å²) >= 11 is 0. The zero-order valence-corrected chi connectivity index (χ0v) is 60.9. The molecule has 0 aromatic carbocycles. The van der Waals surface area contributed by atoms with E-state index >= 15 is 0 Å². The largest absolute Gasteiger partial charge is 0.394 e. The van der Waals surface area contributed by atoms with Crippen LogP contribution in [0, 0.1) is 0 Å². The van der Waals surface area contributed by atoms with Crippen molar-refractivity contribution in [3.63, 3.8) is 0 Å². The molecule has 0 radical (unpaired) electrons. The Labute approximate surface area is 566 Å². The highest BCUT2D eigenvalue weighted by Crippen LogP contribution is 2.24. The lowest BCUT2D eigenvalue weighted by molar-refractivity contribution is -0.302. The van der Waals surface area contributed by atoms with Gasteiger partial charge in [0.05, 0.1) is 25.4 Å². The summed E-state index contributed by atoms with van der Waals surface area (Å²) in [6, 6.07) is -0.821. The number of aliphatic hydroxyl groups excluding tert-OH is 5. The summed E-state index contributed by atoms with van der Waals surface area (Å²) < 4.78 is 11.3. The number of unbranched alkanes of at least 4 members (excludes halogenated alkanes) is 62. The number of hydrogen-bond acceptors (Lipinski definition) is 8. The normalized spacial score (nSPS) is 17.7. The van der Waals surface area contributed by atoms with Crippen molar-refractivity contribution in [2.24, 2.45) is 0 Å². The number of allylic oxidation sites excluding steroid dienone is 3. The standard InChI is InChI=1S/C82H159NO8/c1-3-5-7-9-11-13-15-17-19-21-23-25-27-29-31-33-35-37-38-39-40-42-44-46-48-50-52-54-56-58-60-62-64-66-68-70-72-78(86)83-75(74-90-82-81(89)80(88)79(87)77(73-84)91-82)76(85)71-69-67-65-63-61-59-57-55-53-51-49-47-45-43-41-36-34-32-30-28-26-24-22-20-18-16-14-12-10-8-6-4-2/h61,63,69,71,75-77,79-82,84-85,87-89H,3-60,62,64-68,70,72-74H2,1-2H3,(H,83,86)/b63-61+,71-69+. The number of carbonyl (C=O) groups is 1. The van der Waals surface area contributed by atoms with E-state index in [-0.39, 0.29) is 12.5 Å². The summed E-state index contributed by atoms with van der Waals surface area (Å²) in [7, 11) is 0. The molecule has 0 aliphatic carbocycles. The smallest absolute Gasteiger partial charge is 0.220 e. The molecular weight excluding hydrogens is 1130 g/mol. The summed E-state index contributed by atoms with van der Waals surface area (Å²) in [4.78, 5) is 13.2. The maximum Gasteiger partial charge on any atom is 0.220 e. The molecule has 0 bridgehead atoms. The maximum absolute atomic E-state index is 13.2. The molecule has 1 amide bonds. The lowest BCUT2D eigenvalue weighted by Gasteiger charge is -2.40. The molecule has 9 heteroatoms. The molecule has 1 saturated heterocycles. The molecule has 0 spiro atoms. The molecule has 1 heterocycles. The predicted octanol–water partition coefficient (Wildman–Crippen LogP) is 23.5. The van der Waals surface area contributed by atoms with Gasteiger partial charge in [-0.2, -0.15) is 0 Å². The molecule has 9 nitrogen and oxygen atoms in total. The summed E-state index contributed by atoms with van der Waals surface area (Å²) in [5.41, 5.74) is 0. The van der Waals surface area contributed by atoms with E-state index in [9.17, 15) is 30.3 Å². The van der Waals surface area contributed by atoms with Crippen molar-refractivity contribution in [3.8, 4) is 0 Å². The van der Waals surface area contributed by atoms with Crippen LogP contribution in [-0.2, 0) is 14.3 Å². The third-order valence-electron chi connectivity index (χ3n) is 20.0. The van der Waals surface area contributed by atoms with E-state index in [2.05, 4.69) is 31.3 Å². The number of amides is 1. The minimum Gasteiger partial charge on any atom is -0.394 e. The molecule has 6 N–H and O–H groups in total. The van der Waals surface area contributed by atoms with Gasteiger partial charge in [-0.25, -0.2) is 0 Å². The van der Waals surface area contributed by atoms with Crippen molar-refractivity contribution in [2.45, 2.75) is 480 Å². The van der Waals surface area contributed by atoms with Crippen LogP contribution in [0.2, 0.25) is 0 Å². The predicted molar refractivity (Wildman–Crippen MR) is 392 cm³/mol. The Bertz CT molecular complexity index is 1490. The first-order valence-electron chi connectivity index (χ1n) is 41.1. The Kier molecular flexibility index (Phi) is 68.8. The number of rotatable bonds is 74. The highest BCUT2D eigenvalue weighted by atomic mass is 16.7. The van der Waals surface area contributed by atoms with Crippen LogP contribution in [0.4, 0.5) is 0 Å². The molecule has 0 saturated carbocycles. The van der Waals surface area contributed by atoms with E-state index in [0.29, 0.717) is 6.42 Å². The van der Waals surface area contributed by atoms with E-state index in [4.69, 9.17) is 9.47 Å². The fourth-order valence-corrected chi connectivity index (χ4v) is 13.7. The molecule has 540 valence electrons. The van der Waals surface area contributed by atoms with Crippen molar-refractivity contribution in [3.05, 3.63) is 24.3 Å². The summed E-state index contributed by atoms with van der Waals surface area (Å²) in [6.45, 7) is 3.84. The average molecular weight is 1290 g/mol. The first kappa shape index (κ1) is 87.7. The van der Waals surface area contributed by atoms with Gasteiger partial charge in [-0.15, -0.1) is 0 Å². The molecule has 1 aliphatic heterocycles. The average Bonchev–Trinajstić information content (AvgIpc) is 1.46. The Morgan fingerprint density at radius 3 is 0.923 bits per heavy atom. The van der Waals surface area contributed by atoms with Gasteiger partial charge in [-0.3, -0.25) is 4.79 Å². The van der Waals surface area contributed by atoms with Crippen LogP contribution >= 0.6 is 0 Å². The van der Waals surface area contributed by atoms with E-state index < -0.39 is 49.5 Å². The number of ether oxygens (including phenoxy) is 2. The van der Waals surface area contributed by atoms with Crippen LogP contribution < -0.4 is 5.32 Å². The fourth-order valence-electron chi connectivity index (χ4n) is 13.7. The molecule has 0 aromatic rings. The quantitative estimate of drug-likeness (QED) is 0.0261. The number of aliphatic hydroxyl groups is 5. The van der Waals surface area contributed by atoms with Gasteiger partial charge in [0, 0.05) is 6.42 Å². The minimum atomic E-state index is -1.57. The highest BCUT2D eigenvalue weighted by Gasteiger charge is 2.44. The summed E-state index contributed by atoms with van der Waals surface area (Å²) in [5.74, 6) is -0.176. The molecule has 91 heavy (non-hydrogen) atoms. The number of nitrogens with one attached hydrogen (secondary N) is 1. The highest BCUT2D eigenvalue weighted by molar-refractivity contribution is 5.76. The van der Waals surface area contributed by atoms with Crippen LogP contribution in [0.5, 0.6) is 0 Å². The van der Waals surface area contributed by atoms with Crippen LogP contribution in [-0.4, -0.2) is 87.5 Å². The molecule has 7 unspecified atom stereocenters. The van der Waals surface area contributed by atoms with Gasteiger partial charge >= 0.3 is 0 Å². The molecule has 1 fully saturated rings. The minimum absolute atomic E-state index is 0.176. The molecule has 1 aliphatic rings. The molecule has 0 aromatic heterocycles. The van der Waals surface area contributed by atoms with Gasteiger partial charge in [0.25, 0.3) is 0 Å². The van der Waals surface area contributed by atoms with Gasteiger partial charge < -0.3 is 40.3 Å². The fraction of sp³-hybridized carbons (Fsp3) is 0.939. The summed E-state index contributed by atoms with van der Waals surface area (Å²) in [5, 5.41) is 54.9. The van der Waals surface area contributed by atoms with Crippen molar-refractivity contribution >= 4 is 5.91 Å². The number of carbonyl (C=O) groups excluding carboxylic acids is 1. The van der Waals surface area contributed by atoms with Crippen molar-refractivity contribution < 1.29 is 39.8 Å². The third-order valence-corrected chi connectivity index (χ3v) is 20.0. The maximum atomic E-state index is 13.2. The van der Waals surface area contributed by atoms with Crippen LogP contribution in [0.15, 0.2) is 24.3 Å². The number of hydrogen-bond donors (Lipinski definition) is 6. The molecule has 7 atom stereocenters. The Morgan fingerprint density at radius 2 is 0.626 bits per heavy atom. The molecular formula is C82H159NO8. The van der Waals surface area contributed by atoms with E-state index in [1.807, 2.05) is 6.08 Å². The van der Waals surface area contributed by atoms with Crippen molar-refractivity contribution in [1.29, 1.82) is 0 Å². The van der Waals surface area contributed by atoms with Crippen molar-refractivity contribution in [2.75, 3.05) is 13.2 Å². The van der Waals surface area contributed by atoms with Crippen LogP contribution in [0.3, 0.4) is 0 Å². The Balaban J connectivity index is 2.06. The third kappa shape index (κ3) is 59.7. The van der Waals surface area contributed by atoms with Gasteiger partial charge in [0.2, 0.25) is 5.91 Å². The van der Waals surface area contributed by atoms with Gasteiger partial charge in [-0.1, -0.05) is 423 Å². The van der Waals surface area contributed by atoms with Crippen LogP contribution in [0.1, 0.15) is 438 Å². The SMILES string of the molecule is CCCCCCCCCCCCCCCCCCCCCCCCCCCC/C=C/CC/C=C/C(O)C(COC1OC(CO)C(O)C(O)C1O)NC(=O)CCCCCCCCCCCCCCCCCCCCCCCCCCCCCCCCCCCCCC. The van der Waals surface area contributed by atoms with E-state index in [0.717, 1.165) is 38.5 Å². The zero-order chi connectivity index (χ0) is 65.7. The van der Waals surface area contributed by atoms with E-state index in [1.165, 1.54) is 379 Å². The second-order valence-electron chi connectivity index (χ2n) is 28.9. The van der Waals surface area contributed by atoms with Gasteiger partial charge in [0.15, 0.2) is 6.29 Å². The Morgan fingerprint density at radius 1 is 0.363 bits per heavy atom. The van der Waals surface area contributed by atoms with Gasteiger partial charge in [0.1, 0.15) is 24.4 Å².